The van der Waals surface area contributed by atoms with Crippen molar-refractivity contribution in [2.24, 2.45) is 11.3 Å². The van der Waals surface area contributed by atoms with Crippen molar-refractivity contribution in [2.45, 2.75) is 51.2 Å². The van der Waals surface area contributed by atoms with Crippen molar-refractivity contribution in [3.63, 3.8) is 0 Å². The van der Waals surface area contributed by atoms with E-state index in [9.17, 15) is 4.79 Å². The molecule has 3 aliphatic rings. The molecule has 0 unspecified atom stereocenters. The van der Waals surface area contributed by atoms with Crippen LogP contribution in [-0.2, 0) is 14.3 Å². The minimum Gasteiger partial charge on any atom is -0.347 e. The third-order valence-electron chi connectivity index (χ3n) is 4.98. The first kappa shape index (κ1) is 10.7. The van der Waals surface area contributed by atoms with Crippen molar-refractivity contribution in [2.75, 3.05) is 13.2 Å². The molecule has 1 saturated heterocycles. The van der Waals surface area contributed by atoms with Gasteiger partial charge < -0.3 is 9.47 Å². The Morgan fingerprint density at radius 3 is 2.75 bits per heavy atom. The summed E-state index contributed by atoms with van der Waals surface area (Å²) in [5.41, 5.74) is 0.0651. The fraction of sp³-hybridized carbons (Fsp3) is 0.923. The molecule has 1 aliphatic heterocycles. The van der Waals surface area contributed by atoms with E-state index in [1.54, 1.807) is 0 Å². The highest BCUT2D eigenvalue weighted by molar-refractivity contribution is 5.79. The molecule has 0 aromatic heterocycles. The van der Waals surface area contributed by atoms with Crippen LogP contribution in [0.1, 0.15) is 45.4 Å². The predicted molar refractivity (Wildman–Crippen MR) is 58.9 cm³/mol. The Kier molecular flexibility index (Phi) is 2.37. The zero-order valence-corrected chi connectivity index (χ0v) is 9.96. The molecule has 3 nitrogen and oxygen atoms in total. The van der Waals surface area contributed by atoms with E-state index in [1.807, 2.05) is 0 Å². The van der Waals surface area contributed by atoms with Gasteiger partial charge in [0.1, 0.15) is 5.78 Å². The van der Waals surface area contributed by atoms with Gasteiger partial charge in [-0.1, -0.05) is 6.92 Å². The number of fused-ring (bicyclic) bond motifs is 2. The summed E-state index contributed by atoms with van der Waals surface area (Å²) < 4.78 is 11.9. The molecule has 90 valence electrons. The Balaban J connectivity index is 1.93. The van der Waals surface area contributed by atoms with Crippen LogP contribution in [0.3, 0.4) is 0 Å². The number of hydrogen-bond acceptors (Lipinski definition) is 3. The molecule has 0 aromatic rings. The van der Waals surface area contributed by atoms with E-state index in [2.05, 4.69) is 6.92 Å². The van der Waals surface area contributed by atoms with Gasteiger partial charge in [-0.25, -0.2) is 0 Å². The quantitative estimate of drug-likeness (QED) is 0.633. The molecule has 3 heteroatoms. The van der Waals surface area contributed by atoms with Gasteiger partial charge >= 0.3 is 0 Å². The number of hydrogen-bond donors (Lipinski definition) is 0. The van der Waals surface area contributed by atoms with Crippen LogP contribution in [0, 0.1) is 11.3 Å². The van der Waals surface area contributed by atoms with Gasteiger partial charge in [-0.2, -0.15) is 0 Å². The molecule has 2 atom stereocenters. The Morgan fingerprint density at radius 1 is 1.25 bits per heavy atom. The monoisotopic (exact) mass is 224 g/mol. The van der Waals surface area contributed by atoms with Crippen molar-refractivity contribution in [3.8, 4) is 0 Å². The average molecular weight is 224 g/mol. The lowest BCUT2D eigenvalue weighted by Crippen LogP contribution is -2.56. The maximum atomic E-state index is 11.6. The first-order valence-electron chi connectivity index (χ1n) is 6.46. The van der Waals surface area contributed by atoms with Crippen LogP contribution in [0.2, 0.25) is 0 Å². The summed E-state index contributed by atoms with van der Waals surface area (Å²) in [5.74, 6) is 0.537. The van der Waals surface area contributed by atoms with E-state index < -0.39 is 0 Å². The maximum Gasteiger partial charge on any atom is 0.174 e. The standard InChI is InChI=1S/C13H20O3/c1-12-6-4-11(14)9-10(12)3-2-5-13(12)15-7-8-16-13/h10H,2-9H2,1H3/t10-,12-/m1/s1. The summed E-state index contributed by atoms with van der Waals surface area (Å²) in [6.45, 7) is 3.71. The zero-order chi connectivity index (χ0) is 11.2. The van der Waals surface area contributed by atoms with Crippen LogP contribution < -0.4 is 0 Å². The fourth-order valence-electron chi connectivity index (χ4n) is 3.92. The molecule has 0 bridgehead atoms. The van der Waals surface area contributed by atoms with E-state index in [4.69, 9.17) is 9.47 Å². The van der Waals surface area contributed by atoms with Gasteiger partial charge in [0.05, 0.1) is 13.2 Å². The largest absolute Gasteiger partial charge is 0.347 e. The minimum atomic E-state index is -0.364. The van der Waals surface area contributed by atoms with Crippen molar-refractivity contribution >= 4 is 5.78 Å². The molecule has 2 saturated carbocycles. The first-order valence-corrected chi connectivity index (χ1v) is 6.46. The highest BCUT2D eigenvalue weighted by Gasteiger charge is 2.59. The van der Waals surface area contributed by atoms with Gasteiger partial charge in [-0.3, -0.25) is 4.79 Å². The lowest BCUT2D eigenvalue weighted by Gasteiger charge is -2.54. The smallest absolute Gasteiger partial charge is 0.174 e. The van der Waals surface area contributed by atoms with E-state index in [0.29, 0.717) is 18.1 Å². The molecule has 3 rings (SSSR count). The van der Waals surface area contributed by atoms with Crippen molar-refractivity contribution < 1.29 is 14.3 Å². The second kappa shape index (κ2) is 3.54. The number of Topliss-reactive ketones (excluding diaryl/α,β-unsaturated/α-hetero) is 1. The lowest BCUT2D eigenvalue weighted by molar-refractivity contribution is -0.273. The number of ether oxygens (including phenoxy) is 2. The maximum absolute atomic E-state index is 11.6. The van der Waals surface area contributed by atoms with E-state index in [0.717, 1.165) is 45.3 Å². The topological polar surface area (TPSA) is 35.5 Å². The van der Waals surface area contributed by atoms with Crippen LogP contribution in [0.25, 0.3) is 0 Å². The molecule has 16 heavy (non-hydrogen) atoms. The fourth-order valence-corrected chi connectivity index (χ4v) is 3.92. The second-order valence-corrected chi connectivity index (χ2v) is 5.70. The molecular formula is C13H20O3. The van der Waals surface area contributed by atoms with Crippen LogP contribution in [0.4, 0.5) is 0 Å². The molecule has 0 radical (unpaired) electrons. The Morgan fingerprint density at radius 2 is 2.00 bits per heavy atom. The van der Waals surface area contributed by atoms with Crippen molar-refractivity contribution in [1.82, 2.24) is 0 Å². The van der Waals surface area contributed by atoms with Crippen LogP contribution in [0.15, 0.2) is 0 Å². The number of ketones is 1. The number of rotatable bonds is 0. The van der Waals surface area contributed by atoms with Gasteiger partial charge in [0.25, 0.3) is 0 Å². The van der Waals surface area contributed by atoms with Crippen molar-refractivity contribution in [3.05, 3.63) is 0 Å². The highest BCUT2D eigenvalue weighted by Crippen LogP contribution is 2.57. The van der Waals surface area contributed by atoms with E-state index in [-0.39, 0.29) is 11.2 Å². The normalized spacial score (nSPS) is 42.3. The third kappa shape index (κ3) is 1.31. The highest BCUT2D eigenvalue weighted by atomic mass is 16.7. The molecule has 3 fully saturated rings. The summed E-state index contributed by atoms with van der Waals surface area (Å²) in [4.78, 5) is 11.6. The summed E-state index contributed by atoms with van der Waals surface area (Å²) in [7, 11) is 0. The molecule has 2 aliphatic carbocycles. The van der Waals surface area contributed by atoms with E-state index >= 15 is 0 Å². The average Bonchev–Trinajstić information content (AvgIpc) is 2.72. The summed E-state index contributed by atoms with van der Waals surface area (Å²) in [6, 6.07) is 0. The summed E-state index contributed by atoms with van der Waals surface area (Å²) in [5, 5.41) is 0. The molecule has 1 spiro atoms. The SMILES string of the molecule is C[C@@]12CCC(=O)C[C@H]1CCCC21OCCO1. The van der Waals surface area contributed by atoms with Gasteiger partial charge in [0, 0.05) is 24.7 Å². The molecule has 0 aromatic carbocycles. The van der Waals surface area contributed by atoms with Gasteiger partial charge in [0.2, 0.25) is 0 Å². The second-order valence-electron chi connectivity index (χ2n) is 5.70. The van der Waals surface area contributed by atoms with Crippen LogP contribution in [0.5, 0.6) is 0 Å². The minimum absolute atomic E-state index is 0.0651. The van der Waals surface area contributed by atoms with E-state index in [1.165, 1.54) is 0 Å². The van der Waals surface area contributed by atoms with Gasteiger partial charge in [-0.15, -0.1) is 0 Å². The lowest BCUT2D eigenvalue weighted by atomic mass is 9.57. The third-order valence-corrected chi connectivity index (χ3v) is 4.98. The Bertz CT molecular complexity index is 306. The van der Waals surface area contributed by atoms with Crippen LogP contribution in [-0.4, -0.2) is 24.8 Å². The summed E-state index contributed by atoms with van der Waals surface area (Å²) >= 11 is 0. The molecule has 0 amide bonds. The summed E-state index contributed by atoms with van der Waals surface area (Å²) in [6.07, 6.45) is 5.70. The predicted octanol–water partition coefficient (Wildman–Crippen LogP) is 2.29. The molecular weight excluding hydrogens is 204 g/mol. The van der Waals surface area contributed by atoms with Gasteiger partial charge in [0.15, 0.2) is 5.79 Å². The molecule has 0 N–H and O–H groups in total. The number of carbonyl (C=O) groups is 1. The zero-order valence-electron chi connectivity index (χ0n) is 9.96. The Labute approximate surface area is 96.5 Å². The number of carbonyl (C=O) groups excluding carboxylic acids is 1. The van der Waals surface area contributed by atoms with Gasteiger partial charge in [-0.05, 0) is 25.2 Å². The Hall–Kier alpha value is -0.410. The first-order chi connectivity index (χ1) is 7.66. The van der Waals surface area contributed by atoms with Crippen LogP contribution >= 0.6 is 0 Å². The van der Waals surface area contributed by atoms with Crippen molar-refractivity contribution in [1.29, 1.82) is 0 Å². The molecule has 1 heterocycles.